The molecule has 5 aliphatic rings. The summed E-state index contributed by atoms with van der Waals surface area (Å²) < 4.78 is 39.8. The Balaban J connectivity index is 0.820. The number of likely N-dealkylation sites (tertiary alicyclic amines) is 2. The number of pyridine rings is 2. The summed E-state index contributed by atoms with van der Waals surface area (Å²) in [6, 6.07) is 21.3. The smallest absolute Gasteiger partial charge is 0.254 e. The van der Waals surface area contributed by atoms with Crippen LogP contribution in [-0.2, 0) is 22.6 Å². The molecule has 9 rings (SSSR count). The molecular weight excluding hydrogens is 745 g/mol. The molecule has 2 amide bonds. The lowest BCUT2D eigenvalue weighted by atomic mass is 9.83. The highest BCUT2D eigenvalue weighted by Gasteiger charge is 2.38. The number of aromatic nitrogens is 2. The number of piperidine rings is 2. The van der Waals surface area contributed by atoms with E-state index in [0.717, 1.165) is 24.2 Å². The van der Waals surface area contributed by atoms with Crippen LogP contribution in [0.3, 0.4) is 0 Å². The molecule has 7 heterocycles. The Labute approximate surface area is 335 Å². The van der Waals surface area contributed by atoms with Crippen LogP contribution in [0.2, 0.25) is 0 Å². The van der Waals surface area contributed by atoms with E-state index in [4.69, 9.17) is 28.4 Å². The lowest BCUT2D eigenvalue weighted by Crippen LogP contribution is -2.49. The van der Waals surface area contributed by atoms with Crippen molar-refractivity contribution < 1.29 is 38.0 Å². The third kappa shape index (κ3) is 7.95. The Morgan fingerprint density at radius 3 is 1.31 bits per heavy atom. The molecule has 0 spiro atoms. The molecule has 304 valence electrons. The monoisotopic (exact) mass is 792 g/mol. The van der Waals surface area contributed by atoms with Crippen molar-refractivity contribution in [2.75, 3.05) is 79.0 Å². The summed E-state index contributed by atoms with van der Waals surface area (Å²) in [7, 11) is 0. The highest BCUT2D eigenvalue weighted by molar-refractivity contribution is 5.95. The van der Waals surface area contributed by atoms with Crippen molar-refractivity contribution in [1.29, 1.82) is 0 Å². The fourth-order valence-corrected chi connectivity index (χ4v) is 9.28. The first kappa shape index (κ1) is 37.9. The molecule has 14 heteroatoms. The van der Waals surface area contributed by atoms with Crippen LogP contribution in [-0.4, -0.2) is 110 Å². The number of amides is 2. The second-order valence-electron chi connectivity index (χ2n) is 15.8. The molecule has 4 atom stereocenters. The van der Waals surface area contributed by atoms with E-state index in [9.17, 15) is 19.2 Å². The molecular formula is C44H48N4O10. The largest absolute Gasteiger partial charge is 0.487 e. The number of ether oxygens (including phenoxy) is 6. The van der Waals surface area contributed by atoms with Gasteiger partial charge in [-0.05, 0) is 73.2 Å². The fraction of sp³-hybridized carbons (Fsp3) is 0.455. The van der Waals surface area contributed by atoms with Crippen LogP contribution in [0.4, 0.5) is 0 Å². The van der Waals surface area contributed by atoms with Gasteiger partial charge in [0.2, 0.25) is 0 Å². The quantitative estimate of drug-likeness (QED) is 0.295. The van der Waals surface area contributed by atoms with Gasteiger partial charge in [0.1, 0.15) is 26.4 Å². The second kappa shape index (κ2) is 16.7. The zero-order chi connectivity index (χ0) is 39.6. The van der Waals surface area contributed by atoms with Gasteiger partial charge in [-0.2, -0.15) is 0 Å². The SMILES string of the molecule is O=C(c1ccc2c(c1)OCCOCCOc1ccc(C(=O)N3C[C@@H]4C[C@@H](C3)c3cccc(=O)n3C4)cc1OCCOCCO2)N1C[C@H]2C[C@H](C1)c1cccc(=O)n1C2. The molecule has 0 aliphatic carbocycles. The summed E-state index contributed by atoms with van der Waals surface area (Å²) in [6.07, 6.45) is 1.93. The van der Waals surface area contributed by atoms with Crippen molar-refractivity contribution in [2.45, 2.75) is 37.8 Å². The maximum Gasteiger partial charge on any atom is 0.254 e. The summed E-state index contributed by atoms with van der Waals surface area (Å²) in [5.41, 5.74) is 3.02. The average Bonchev–Trinajstić information content (AvgIpc) is 3.23. The molecule has 0 radical (unpaired) electrons. The lowest BCUT2D eigenvalue weighted by molar-refractivity contribution is 0.0582. The number of rotatable bonds is 2. The Bertz CT molecular complexity index is 2130. The van der Waals surface area contributed by atoms with E-state index in [1.54, 1.807) is 60.7 Å². The van der Waals surface area contributed by atoms with Gasteiger partial charge >= 0.3 is 0 Å². The van der Waals surface area contributed by atoms with Crippen molar-refractivity contribution in [3.05, 3.63) is 116 Å². The number of benzene rings is 2. The van der Waals surface area contributed by atoms with Gasteiger partial charge in [-0.15, -0.1) is 0 Å². The summed E-state index contributed by atoms with van der Waals surface area (Å²) in [5.74, 6) is 2.37. The van der Waals surface area contributed by atoms with Crippen LogP contribution >= 0.6 is 0 Å². The first-order valence-corrected chi connectivity index (χ1v) is 20.3. The predicted octanol–water partition coefficient (Wildman–Crippen LogP) is 3.79. The minimum atomic E-state index is -0.0835. The van der Waals surface area contributed by atoms with Gasteiger partial charge in [-0.3, -0.25) is 19.2 Å². The summed E-state index contributed by atoms with van der Waals surface area (Å²) in [5, 5.41) is 0. The average molecular weight is 793 g/mol. The van der Waals surface area contributed by atoms with E-state index in [0.29, 0.717) is 73.4 Å². The minimum Gasteiger partial charge on any atom is -0.487 e. The molecule has 5 aliphatic heterocycles. The lowest BCUT2D eigenvalue weighted by Gasteiger charge is -2.42. The number of nitrogens with zero attached hydrogens (tertiary/aromatic N) is 4. The standard InChI is InChI=1S/C44H48N4O10/c49-41-5-1-3-35-33-19-29(25-47(35)41)23-45(27-33)43(51)31-7-9-37-39(21-31)57-17-13-53-12-16-56-38-10-8-32(22-40(38)58-18-14-54-11-15-55-37)44(52)46-24-30-20-34(28-46)36-4-2-6-42(50)48(36)26-30/h1-10,21-22,29-30,33-34H,11-20,23-28H2/t29-,30+,33-,34+. The first-order chi connectivity index (χ1) is 28.4. The third-order valence-electron chi connectivity index (χ3n) is 11.9. The zero-order valence-electron chi connectivity index (χ0n) is 32.4. The van der Waals surface area contributed by atoms with Gasteiger partial charge in [0, 0.05) is 85.8 Å². The molecule has 14 nitrogen and oxygen atoms in total. The summed E-state index contributed by atoms with van der Waals surface area (Å²) in [6.45, 7) is 5.53. The Morgan fingerprint density at radius 1 is 0.466 bits per heavy atom. The maximum atomic E-state index is 13.8. The van der Waals surface area contributed by atoms with Crippen LogP contribution in [0, 0.1) is 11.8 Å². The minimum absolute atomic E-state index is 0.0148. The molecule has 4 bridgehead atoms. The predicted molar refractivity (Wildman–Crippen MR) is 211 cm³/mol. The van der Waals surface area contributed by atoms with Crippen LogP contribution in [0.1, 0.15) is 56.8 Å². The van der Waals surface area contributed by atoms with Gasteiger partial charge in [-0.25, -0.2) is 0 Å². The fourth-order valence-electron chi connectivity index (χ4n) is 9.28. The van der Waals surface area contributed by atoms with Gasteiger partial charge < -0.3 is 47.4 Å². The van der Waals surface area contributed by atoms with Crippen molar-refractivity contribution in [3.63, 3.8) is 0 Å². The number of hydrogen-bond acceptors (Lipinski definition) is 10. The zero-order valence-corrected chi connectivity index (χ0v) is 32.4. The molecule has 2 saturated heterocycles. The number of hydrogen-bond donors (Lipinski definition) is 0. The van der Waals surface area contributed by atoms with Gasteiger partial charge in [-0.1, -0.05) is 12.1 Å². The van der Waals surface area contributed by atoms with Crippen LogP contribution in [0.25, 0.3) is 0 Å². The van der Waals surface area contributed by atoms with E-state index in [-0.39, 0.29) is 99.5 Å². The van der Waals surface area contributed by atoms with E-state index in [1.165, 1.54) is 0 Å². The van der Waals surface area contributed by atoms with Crippen molar-refractivity contribution in [1.82, 2.24) is 18.9 Å². The highest BCUT2D eigenvalue weighted by Crippen LogP contribution is 2.38. The van der Waals surface area contributed by atoms with Crippen molar-refractivity contribution in [2.24, 2.45) is 11.8 Å². The summed E-state index contributed by atoms with van der Waals surface area (Å²) in [4.78, 5) is 56.4. The molecule has 0 unspecified atom stereocenters. The molecule has 2 aromatic carbocycles. The first-order valence-electron chi connectivity index (χ1n) is 20.3. The number of carbonyl (C=O) groups is 2. The van der Waals surface area contributed by atoms with E-state index < -0.39 is 0 Å². The Morgan fingerprint density at radius 2 is 0.879 bits per heavy atom. The number of fused-ring (bicyclic) bond motifs is 10. The second-order valence-corrected chi connectivity index (χ2v) is 15.8. The van der Waals surface area contributed by atoms with E-state index >= 15 is 0 Å². The third-order valence-corrected chi connectivity index (χ3v) is 11.9. The van der Waals surface area contributed by atoms with Gasteiger partial charge in [0.25, 0.3) is 22.9 Å². The number of carbonyl (C=O) groups excluding carboxylic acids is 2. The summed E-state index contributed by atoms with van der Waals surface area (Å²) >= 11 is 0. The van der Waals surface area contributed by atoms with Crippen LogP contribution in [0.5, 0.6) is 23.0 Å². The topological polar surface area (TPSA) is 140 Å². The molecule has 4 aromatic rings. The van der Waals surface area contributed by atoms with Crippen molar-refractivity contribution >= 4 is 11.8 Å². The van der Waals surface area contributed by atoms with E-state index in [1.807, 2.05) is 31.1 Å². The molecule has 0 N–H and O–H groups in total. The Hall–Kier alpha value is -5.60. The maximum absolute atomic E-state index is 13.8. The van der Waals surface area contributed by atoms with Crippen LogP contribution < -0.4 is 30.1 Å². The van der Waals surface area contributed by atoms with E-state index in [2.05, 4.69) is 0 Å². The Kier molecular flexibility index (Phi) is 10.9. The highest BCUT2D eigenvalue weighted by atomic mass is 16.6. The van der Waals surface area contributed by atoms with Crippen LogP contribution in [0.15, 0.2) is 82.4 Å². The molecule has 58 heavy (non-hydrogen) atoms. The van der Waals surface area contributed by atoms with Gasteiger partial charge in [0.15, 0.2) is 23.0 Å². The van der Waals surface area contributed by atoms with Gasteiger partial charge in [0.05, 0.1) is 26.4 Å². The molecule has 2 aromatic heterocycles. The molecule has 0 saturated carbocycles. The molecule has 2 fully saturated rings. The van der Waals surface area contributed by atoms with Crippen molar-refractivity contribution in [3.8, 4) is 23.0 Å². The normalized spacial score (nSPS) is 23.4.